The summed E-state index contributed by atoms with van der Waals surface area (Å²) in [6.07, 6.45) is -2.26. The fourth-order valence-electron chi connectivity index (χ4n) is 0.594. The van der Waals surface area contributed by atoms with E-state index in [-0.39, 0.29) is 0 Å². The van der Waals surface area contributed by atoms with E-state index in [1.807, 2.05) is 0 Å². The quantitative estimate of drug-likeness (QED) is 0.234. The van der Waals surface area contributed by atoms with Crippen LogP contribution in [0.2, 0.25) is 0 Å². The molecule has 0 aromatic rings. The maximum Gasteiger partial charge on any atom is 0.344 e. The van der Waals surface area contributed by atoms with Crippen molar-refractivity contribution in [3.05, 3.63) is 0 Å². The molecule has 74 valence electrons. The summed E-state index contributed by atoms with van der Waals surface area (Å²) in [6, 6.07) is 0. The lowest BCUT2D eigenvalue weighted by atomic mass is 10.7. The van der Waals surface area contributed by atoms with Gasteiger partial charge >= 0.3 is 15.2 Å². The molecule has 12 heavy (non-hydrogen) atoms. The monoisotopic (exact) mass is 221 g/mol. The number of rotatable bonds is 3. The fraction of sp³-hybridized carbons (Fsp3) is 1.00. The van der Waals surface area contributed by atoms with E-state index in [4.69, 9.17) is 24.7 Å². The zero-order chi connectivity index (χ0) is 10.2. The molecule has 0 aliphatic rings. The van der Waals surface area contributed by atoms with Gasteiger partial charge in [0.25, 0.3) is 0 Å². The van der Waals surface area contributed by atoms with Crippen LogP contribution in [0.3, 0.4) is 0 Å². The standard InChI is InChI=1S/C2H9NO7P2/c3-1(4)2(11(5,6)7)12(8,9)10/h1-2,4H,3H2,(H2,5,6,7)(H2,8,9,10). The van der Waals surface area contributed by atoms with Gasteiger partial charge in [0.15, 0.2) is 0 Å². The van der Waals surface area contributed by atoms with Crippen molar-refractivity contribution < 1.29 is 33.8 Å². The molecule has 0 fully saturated rings. The highest BCUT2D eigenvalue weighted by molar-refractivity contribution is 7.70. The second-order valence-corrected chi connectivity index (χ2v) is 5.96. The third-order valence-corrected chi connectivity index (χ3v) is 4.79. The highest BCUT2D eigenvalue weighted by Gasteiger charge is 2.47. The molecule has 0 spiro atoms. The molecule has 10 heteroatoms. The summed E-state index contributed by atoms with van der Waals surface area (Å²) in [7, 11) is -10.2. The normalized spacial score (nSPS) is 16.6. The van der Waals surface area contributed by atoms with Crippen LogP contribution < -0.4 is 5.73 Å². The number of hydrogen-bond acceptors (Lipinski definition) is 4. The van der Waals surface area contributed by atoms with E-state index < -0.39 is 26.8 Å². The SMILES string of the molecule is NC(O)C(P(=O)(O)O)P(=O)(O)O. The topological polar surface area (TPSA) is 161 Å². The highest BCUT2D eigenvalue weighted by atomic mass is 31.2. The Hall–Kier alpha value is 0.220. The van der Waals surface area contributed by atoms with E-state index >= 15 is 0 Å². The van der Waals surface area contributed by atoms with E-state index in [1.165, 1.54) is 0 Å². The van der Waals surface area contributed by atoms with Gasteiger partial charge in [-0.2, -0.15) is 0 Å². The lowest BCUT2D eigenvalue weighted by molar-refractivity contribution is 0.174. The molecule has 0 radical (unpaired) electrons. The van der Waals surface area contributed by atoms with E-state index in [9.17, 15) is 9.13 Å². The molecule has 0 rings (SSSR count). The van der Waals surface area contributed by atoms with Crippen molar-refractivity contribution in [2.45, 2.75) is 11.6 Å². The smallest absolute Gasteiger partial charge is 0.344 e. The number of nitrogens with two attached hydrogens (primary N) is 1. The van der Waals surface area contributed by atoms with Gasteiger partial charge in [0, 0.05) is 0 Å². The maximum atomic E-state index is 10.4. The minimum Gasteiger partial charge on any atom is -0.377 e. The predicted molar refractivity (Wildman–Crippen MR) is 38.1 cm³/mol. The van der Waals surface area contributed by atoms with Crippen LogP contribution in [0.25, 0.3) is 0 Å². The van der Waals surface area contributed by atoms with Gasteiger partial charge in [-0.05, 0) is 0 Å². The van der Waals surface area contributed by atoms with Gasteiger partial charge in [-0.15, -0.1) is 0 Å². The summed E-state index contributed by atoms with van der Waals surface area (Å²) in [5.41, 5.74) is 4.58. The second kappa shape index (κ2) is 3.53. The zero-order valence-electron chi connectivity index (χ0n) is 5.68. The van der Waals surface area contributed by atoms with Crippen molar-refractivity contribution in [2.75, 3.05) is 0 Å². The molecule has 0 saturated heterocycles. The van der Waals surface area contributed by atoms with Gasteiger partial charge in [0.2, 0.25) is 5.40 Å². The van der Waals surface area contributed by atoms with E-state index in [2.05, 4.69) is 5.73 Å². The molecule has 7 N–H and O–H groups in total. The van der Waals surface area contributed by atoms with Crippen LogP contribution in [0, 0.1) is 0 Å². The highest BCUT2D eigenvalue weighted by Crippen LogP contribution is 2.60. The predicted octanol–water partition coefficient (Wildman–Crippen LogP) is -2.06. The Kier molecular flexibility index (Phi) is 3.59. The minimum absolute atomic E-state index is 2.26. The summed E-state index contributed by atoms with van der Waals surface area (Å²) in [6.45, 7) is 0. The number of aliphatic hydroxyl groups excluding tert-OH is 1. The first-order chi connectivity index (χ1) is 5.07. The molecule has 1 unspecified atom stereocenters. The largest absolute Gasteiger partial charge is 0.377 e. The van der Waals surface area contributed by atoms with Gasteiger partial charge in [-0.25, -0.2) is 0 Å². The van der Waals surface area contributed by atoms with E-state index in [1.54, 1.807) is 0 Å². The van der Waals surface area contributed by atoms with E-state index in [0.717, 1.165) is 0 Å². The van der Waals surface area contributed by atoms with Crippen molar-refractivity contribution in [3.8, 4) is 0 Å². The Labute approximate surface area is 67.3 Å². The Morgan fingerprint density at radius 2 is 1.25 bits per heavy atom. The van der Waals surface area contributed by atoms with Crippen LogP contribution in [0.5, 0.6) is 0 Å². The molecule has 0 aromatic carbocycles. The van der Waals surface area contributed by atoms with Gasteiger partial charge in [-0.1, -0.05) is 0 Å². The maximum absolute atomic E-state index is 10.4. The van der Waals surface area contributed by atoms with Gasteiger partial charge in [0.1, 0.15) is 6.23 Å². The van der Waals surface area contributed by atoms with Crippen LogP contribution in [-0.2, 0) is 9.13 Å². The van der Waals surface area contributed by atoms with Crippen LogP contribution in [-0.4, -0.2) is 36.3 Å². The Morgan fingerprint density at radius 3 is 1.25 bits per heavy atom. The Balaban J connectivity index is 4.97. The average Bonchev–Trinajstić information content (AvgIpc) is 1.49. The molecule has 1 atom stereocenters. The molecule has 0 heterocycles. The van der Waals surface area contributed by atoms with Crippen LogP contribution in [0.4, 0.5) is 0 Å². The van der Waals surface area contributed by atoms with Crippen LogP contribution in [0.1, 0.15) is 0 Å². The first-order valence-electron chi connectivity index (χ1n) is 2.61. The lowest BCUT2D eigenvalue weighted by Gasteiger charge is -2.21. The first-order valence-corrected chi connectivity index (χ1v) is 5.97. The first kappa shape index (κ1) is 12.2. The van der Waals surface area contributed by atoms with Crippen LogP contribution >= 0.6 is 15.2 Å². The number of hydrogen-bond donors (Lipinski definition) is 6. The molecule has 0 aliphatic carbocycles. The van der Waals surface area contributed by atoms with Gasteiger partial charge < -0.3 is 30.4 Å². The van der Waals surface area contributed by atoms with Crippen molar-refractivity contribution in [1.82, 2.24) is 0 Å². The molecule has 0 aliphatic heterocycles. The van der Waals surface area contributed by atoms with Crippen molar-refractivity contribution in [2.24, 2.45) is 5.73 Å². The molecular formula is C2H9NO7P2. The molecule has 0 amide bonds. The summed E-state index contributed by atoms with van der Waals surface area (Å²) in [4.78, 5) is 33.4. The fourth-order valence-corrected chi connectivity index (χ4v) is 2.96. The van der Waals surface area contributed by atoms with Gasteiger partial charge in [-0.3, -0.25) is 9.13 Å². The minimum atomic E-state index is -5.09. The average molecular weight is 221 g/mol. The summed E-state index contributed by atoms with van der Waals surface area (Å²) >= 11 is 0. The molecular weight excluding hydrogens is 212 g/mol. The van der Waals surface area contributed by atoms with Crippen molar-refractivity contribution in [3.63, 3.8) is 0 Å². The molecule has 0 bridgehead atoms. The molecule has 0 aromatic heterocycles. The molecule has 0 saturated carbocycles. The molecule has 8 nitrogen and oxygen atoms in total. The third kappa shape index (κ3) is 3.30. The van der Waals surface area contributed by atoms with E-state index in [0.29, 0.717) is 0 Å². The Bertz CT molecular complexity index is 216. The van der Waals surface area contributed by atoms with Crippen LogP contribution in [0.15, 0.2) is 0 Å². The lowest BCUT2D eigenvalue weighted by Crippen LogP contribution is -2.34. The van der Waals surface area contributed by atoms with Crippen molar-refractivity contribution in [1.29, 1.82) is 0 Å². The third-order valence-electron chi connectivity index (χ3n) is 0.995. The summed E-state index contributed by atoms with van der Waals surface area (Å²) < 4.78 is 20.8. The summed E-state index contributed by atoms with van der Waals surface area (Å²) in [5, 5.41) is 5.93. The second-order valence-electron chi connectivity index (χ2n) is 2.08. The number of aliphatic hydroxyl groups is 1. The summed E-state index contributed by atoms with van der Waals surface area (Å²) in [5.74, 6) is 0. The Morgan fingerprint density at radius 1 is 1.00 bits per heavy atom. The van der Waals surface area contributed by atoms with Gasteiger partial charge in [0.05, 0.1) is 0 Å². The van der Waals surface area contributed by atoms with Crippen molar-refractivity contribution >= 4 is 15.2 Å². The zero-order valence-corrected chi connectivity index (χ0v) is 7.47.